The molecule has 1 heterocycles. The number of rotatable bonds is 6. The standard InChI is InChI=1S/C31H49NO4/c1-16(2)24-11-18(5)20(7)28(13-24)35-30(33)26-15-27(23(10)32-22(26)9)31(34)36-29-14-25(17(3)4)12-19(6)21(29)8/h15-21,24-25,28-29H,11-14H2,1-10H3/t18-,19+,20-,21-,24+,25+,28+,29+/m1/s1. The van der Waals surface area contributed by atoms with Crippen LogP contribution in [0.5, 0.6) is 0 Å². The third kappa shape index (κ3) is 6.31. The Hall–Kier alpha value is -1.91. The third-order valence-electron chi connectivity index (χ3n) is 9.63. The fraction of sp³-hybridized carbons (Fsp3) is 0.774. The molecule has 2 fully saturated rings. The Morgan fingerprint density at radius 2 is 1.08 bits per heavy atom. The first-order valence-electron chi connectivity index (χ1n) is 14.2. The fourth-order valence-corrected chi connectivity index (χ4v) is 6.28. The number of carbonyl (C=O) groups is 2. The van der Waals surface area contributed by atoms with Gasteiger partial charge < -0.3 is 9.47 Å². The van der Waals surface area contributed by atoms with Crippen molar-refractivity contribution in [3.63, 3.8) is 0 Å². The van der Waals surface area contributed by atoms with Gasteiger partial charge in [0, 0.05) is 0 Å². The quantitative estimate of drug-likeness (QED) is 0.381. The van der Waals surface area contributed by atoms with Crippen LogP contribution in [-0.2, 0) is 9.47 Å². The van der Waals surface area contributed by atoms with Crippen molar-refractivity contribution in [1.29, 1.82) is 0 Å². The molecule has 2 saturated carbocycles. The average Bonchev–Trinajstić information content (AvgIpc) is 2.79. The van der Waals surface area contributed by atoms with E-state index in [-0.39, 0.29) is 24.1 Å². The Morgan fingerprint density at radius 1 is 0.722 bits per heavy atom. The van der Waals surface area contributed by atoms with Gasteiger partial charge in [0.15, 0.2) is 0 Å². The second-order valence-corrected chi connectivity index (χ2v) is 12.8. The van der Waals surface area contributed by atoms with E-state index >= 15 is 0 Å². The number of aryl methyl sites for hydroxylation is 2. The zero-order chi connectivity index (χ0) is 26.9. The number of nitrogens with zero attached hydrogens (tertiary/aromatic N) is 1. The Kier molecular flexibility index (Phi) is 9.27. The lowest BCUT2D eigenvalue weighted by Gasteiger charge is -2.40. The van der Waals surface area contributed by atoms with E-state index in [1.807, 2.05) is 0 Å². The first kappa shape index (κ1) is 28.7. The van der Waals surface area contributed by atoms with Crippen molar-refractivity contribution in [2.45, 2.75) is 107 Å². The molecule has 2 aliphatic rings. The van der Waals surface area contributed by atoms with Crippen molar-refractivity contribution >= 4 is 11.9 Å². The summed E-state index contributed by atoms with van der Waals surface area (Å²) in [4.78, 5) is 31.2. The Labute approximate surface area is 219 Å². The zero-order valence-corrected chi connectivity index (χ0v) is 24.3. The van der Waals surface area contributed by atoms with Crippen molar-refractivity contribution in [1.82, 2.24) is 4.98 Å². The highest BCUT2D eigenvalue weighted by Gasteiger charge is 2.38. The van der Waals surface area contributed by atoms with Crippen molar-refractivity contribution in [2.75, 3.05) is 0 Å². The summed E-state index contributed by atoms with van der Waals surface area (Å²) >= 11 is 0. The first-order valence-corrected chi connectivity index (χ1v) is 14.2. The lowest BCUT2D eigenvalue weighted by Crippen LogP contribution is -2.39. The molecule has 0 spiro atoms. The number of hydrogen-bond donors (Lipinski definition) is 0. The Bertz CT molecular complexity index is 867. The highest BCUT2D eigenvalue weighted by Crippen LogP contribution is 2.40. The smallest absolute Gasteiger partial charge is 0.340 e. The molecule has 0 radical (unpaired) electrons. The van der Waals surface area contributed by atoms with Crippen molar-refractivity contribution in [2.24, 2.45) is 47.3 Å². The van der Waals surface area contributed by atoms with Crippen molar-refractivity contribution in [3.05, 3.63) is 28.6 Å². The molecule has 5 nitrogen and oxygen atoms in total. The normalized spacial score (nSPS) is 33.0. The van der Waals surface area contributed by atoms with Gasteiger partial charge >= 0.3 is 11.9 Å². The van der Waals surface area contributed by atoms with E-state index in [4.69, 9.17) is 9.47 Å². The van der Waals surface area contributed by atoms with Crippen LogP contribution in [-0.4, -0.2) is 29.1 Å². The number of pyridine rings is 1. The van der Waals surface area contributed by atoms with Crippen LogP contribution in [0.15, 0.2) is 6.07 Å². The second kappa shape index (κ2) is 11.6. The Morgan fingerprint density at radius 3 is 1.42 bits per heavy atom. The minimum absolute atomic E-state index is 0.123. The predicted molar refractivity (Wildman–Crippen MR) is 144 cm³/mol. The van der Waals surface area contributed by atoms with Crippen LogP contribution < -0.4 is 0 Å². The molecule has 0 aliphatic heterocycles. The van der Waals surface area contributed by atoms with Crippen LogP contribution in [0.3, 0.4) is 0 Å². The molecule has 1 aromatic rings. The maximum atomic E-state index is 13.3. The van der Waals surface area contributed by atoms with Gasteiger partial charge in [-0.05, 0) is 92.9 Å². The minimum atomic E-state index is -0.387. The maximum Gasteiger partial charge on any atom is 0.340 e. The molecule has 0 amide bonds. The zero-order valence-electron chi connectivity index (χ0n) is 24.3. The molecule has 36 heavy (non-hydrogen) atoms. The molecule has 0 aromatic carbocycles. The van der Waals surface area contributed by atoms with Crippen LogP contribution in [0.25, 0.3) is 0 Å². The summed E-state index contributed by atoms with van der Waals surface area (Å²) in [6.45, 7) is 21.5. The number of aromatic nitrogens is 1. The number of ether oxygens (including phenoxy) is 2. The third-order valence-corrected chi connectivity index (χ3v) is 9.63. The van der Waals surface area contributed by atoms with Gasteiger partial charge in [0.2, 0.25) is 0 Å². The van der Waals surface area contributed by atoms with Gasteiger partial charge in [0.25, 0.3) is 0 Å². The second-order valence-electron chi connectivity index (χ2n) is 12.8. The highest BCUT2D eigenvalue weighted by atomic mass is 16.5. The van der Waals surface area contributed by atoms with Gasteiger partial charge in [-0.15, -0.1) is 0 Å². The van der Waals surface area contributed by atoms with Crippen molar-refractivity contribution < 1.29 is 19.1 Å². The lowest BCUT2D eigenvalue weighted by atomic mass is 9.70. The number of carbonyl (C=O) groups excluding carboxylic acids is 2. The van der Waals surface area contributed by atoms with Crippen molar-refractivity contribution in [3.8, 4) is 0 Å². The summed E-state index contributed by atoms with van der Waals surface area (Å²) < 4.78 is 12.2. The topological polar surface area (TPSA) is 65.5 Å². The summed E-state index contributed by atoms with van der Waals surface area (Å²) in [6, 6.07) is 1.65. The van der Waals surface area contributed by atoms with Gasteiger partial charge in [-0.3, -0.25) is 4.98 Å². The summed E-state index contributed by atoms with van der Waals surface area (Å²) in [7, 11) is 0. The van der Waals surface area contributed by atoms with Gasteiger partial charge in [0.1, 0.15) is 12.2 Å². The summed E-state index contributed by atoms with van der Waals surface area (Å²) in [5, 5.41) is 0. The maximum absolute atomic E-state index is 13.3. The van der Waals surface area contributed by atoms with E-state index in [0.717, 1.165) is 12.8 Å². The number of hydrogen-bond acceptors (Lipinski definition) is 5. The minimum Gasteiger partial charge on any atom is -0.458 e. The van der Waals surface area contributed by atoms with Gasteiger partial charge in [-0.2, -0.15) is 0 Å². The molecule has 0 saturated heterocycles. The SMILES string of the molecule is Cc1nc(C)c(C(=O)O[C@H]2C[C@@H](C(C)C)C[C@H](C)[C@H]2C)cc1C(=O)O[C@H]1C[C@@H](C(C)C)C[C@@H](C)[C@H]1C. The van der Waals surface area contributed by atoms with Crippen LogP contribution in [0.1, 0.15) is 113 Å². The Balaban J connectivity index is 1.78. The average molecular weight is 500 g/mol. The van der Waals surface area contributed by atoms with E-state index in [1.54, 1.807) is 19.9 Å². The molecule has 202 valence electrons. The van der Waals surface area contributed by atoms with E-state index in [2.05, 4.69) is 60.4 Å². The fourth-order valence-electron chi connectivity index (χ4n) is 6.28. The predicted octanol–water partition coefficient (Wildman–Crippen LogP) is 7.43. The highest BCUT2D eigenvalue weighted by molar-refractivity contribution is 5.96. The largest absolute Gasteiger partial charge is 0.458 e. The van der Waals surface area contributed by atoms with Crippen LogP contribution >= 0.6 is 0 Å². The van der Waals surface area contributed by atoms with Crippen LogP contribution in [0, 0.1) is 61.2 Å². The van der Waals surface area contributed by atoms with E-state index < -0.39 is 0 Å². The molecule has 0 bridgehead atoms. The summed E-state index contributed by atoms with van der Waals surface area (Å²) in [6.07, 6.45) is 3.87. The molecule has 8 atom stereocenters. The molecule has 3 rings (SSSR count). The number of esters is 2. The molecule has 5 heteroatoms. The van der Waals surface area contributed by atoms with E-state index in [1.165, 1.54) is 12.8 Å². The first-order chi connectivity index (χ1) is 16.8. The van der Waals surface area contributed by atoms with Crippen LogP contribution in [0.2, 0.25) is 0 Å². The summed E-state index contributed by atoms with van der Waals surface area (Å²) in [5.41, 5.74) is 1.91. The molecule has 0 unspecified atom stereocenters. The monoisotopic (exact) mass is 499 g/mol. The van der Waals surface area contributed by atoms with E-state index in [0.29, 0.717) is 69.9 Å². The van der Waals surface area contributed by atoms with Gasteiger partial charge in [-0.1, -0.05) is 55.4 Å². The van der Waals surface area contributed by atoms with Gasteiger partial charge in [-0.25, -0.2) is 9.59 Å². The molecule has 0 N–H and O–H groups in total. The van der Waals surface area contributed by atoms with Crippen LogP contribution in [0.4, 0.5) is 0 Å². The molecule has 2 aliphatic carbocycles. The van der Waals surface area contributed by atoms with Gasteiger partial charge in [0.05, 0.1) is 22.5 Å². The molecule has 1 aromatic heterocycles. The molecular weight excluding hydrogens is 450 g/mol. The lowest BCUT2D eigenvalue weighted by molar-refractivity contribution is -0.0257. The van der Waals surface area contributed by atoms with E-state index in [9.17, 15) is 9.59 Å². The molecular formula is C31H49NO4. The summed E-state index contributed by atoms with van der Waals surface area (Å²) in [5.74, 6) is 3.05.